The van der Waals surface area contributed by atoms with Crippen LogP contribution in [0.5, 0.6) is 0 Å². The fourth-order valence-corrected chi connectivity index (χ4v) is 2.86. The van der Waals surface area contributed by atoms with Gasteiger partial charge in [0.15, 0.2) is 0 Å². The van der Waals surface area contributed by atoms with Crippen molar-refractivity contribution in [3.8, 4) is 0 Å². The fourth-order valence-electron chi connectivity index (χ4n) is 2.86. The summed E-state index contributed by atoms with van der Waals surface area (Å²) in [5.74, 6) is 0. The number of hydrogen-bond acceptors (Lipinski definition) is 3. The lowest BCUT2D eigenvalue weighted by atomic mass is 9.91. The second-order valence-corrected chi connectivity index (χ2v) is 5.99. The Hall–Kier alpha value is -2.13. The van der Waals surface area contributed by atoms with Crippen molar-refractivity contribution in [1.82, 2.24) is 0 Å². The van der Waals surface area contributed by atoms with Crippen LogP contribution in [-0.2, 0) is 9.53 Å². The Morgan fingerprint density at radius 3 is 2.46 bits per heavy atom. The highest BCUT2D eigenvalue weighted by Crippen LogP contribution is 2.28. The molecule has 3 nitrogen and oxygen atoms in total. The number of carbonyl (C=O) groups is 1. The summed E-state index contributed by atoms with van der Waals surface area (Å²) < 4.78 is 5.60. The molecule has 1 aliphatic rings. The van der Waals surface area contributed by atoms with Crippen LogP contribution in [0.1, 0.15) is 43.7 Å². The fraction of sp³-hybridized carbons (Fsp3) is 0.381. The van der Waals surface area contributed by atoms with Crippen LogP contribution in [0.3, 0.4) is 0 Å². The van der Waals surface area contributed by atoms with Gasteiger partial charge >= 0.3 is 0 Å². The van der Waals surface area contributed by atoms with E-state index in [0.717, 1.165) is 35.9 Å². The van der Waals surface area contributed by atoms with E-state index in [2.05, 4.69) is 43.3 Å². The van der Waals surface area contributed by atoms with Crippen molar-refractivity contribution >= 4 is 24.1 Å². The van der Waals surface area contributed by atoms with Crippen LogP contribution in [0.15, 0.2) is 43.5 Å². The molecular weight excluding hydrogens is 298 g/mol. The van der Waals surface area contributed by atoms with Gasteiger partial charge in [-0.1, -0.05) is 56.9 Å². The molecule has 24 heavy (non-hydrogen) atoms. The molecule has 0 aliphatic heterocycles. The van der Waals surface area contributed by atoms with E-state index >= 15 is 0 Å². The van der Waals surface area contributed by atoms with Gasteiger partial charge < -0.3 is 10.1 Å². The van der Waals surface area contributed by atoms with Crippen LogP contribution < -0.4 is 5.32 Å². The molecule has 0 saturated heterocycles. The Morgan fingerprint density at radius 2 is 1.92 bits per heavy atom. The topological polar surface area (TPSA) is 38.3 Å². The normalized spacial score (nSPS) is 19.4. The first-order valence-corrected chi connectivity index (χ1v) is 8.35. The van der Waals surface area contributed by atoms with Crippen molar-refractivity contribution < 1.29 is 9.53 Å². The number of benzene rings is 1. The summed E-state index contributed by atoms with van der Waals surface area (Å²) in [4.78, 5) is 9.41. The molecule has 3 heteroatoms. The highest BCUT2D eigenvalue weighted by molar-refractivity contribution is 5.75. The number of carbonyl (C=O) groups excluding carboxylic acids is 1. The van der Waals surface area contributed by atoms with E-state index in [1.807, 2.05) is 12.2 Å². The molecule has 1 saturated carbocycles. The zero-order valence-corrected chi connectivity index (χ0v) is 14.9. The van der Waals surface area contributed by atoms with Crippen molar-refractivity contribution in [1.29, 1.82) is 0 Å². The first-order chi connectivity index (χ1) is 11.6. The van der Waals surface area contributed by atoms with Crippen LogP contribution in [0.25, 0.3) is 12.2 Å². The Kier molecular flexibility index (Phi) is 8.80. The maximum atomic E-state index is 9.41. The van der Waals surface area contributed by atoms with E-state index in [0.29, 0.717) is 17.7 Å². The number of ether oxygens (including phenoxy) is 1. The van der Waals surface area contributed by atoms with E-state index in [4.69, 9.17) is 4.74 Å². The Balaban J connectivity index is 0.000000505. The van der Waals surface area contributed by atoms with Crippen LogP contribution >= 0.6 is 0 Å². The van der Waals surface area contributed by atoms with Gasteiger partial charge in [0.2, 0.25) is 0 Å². The minimum Gasteiger partial charge on any atom is -0.379 e. The minimum atomic E-state index is 0.304. The SMILES string of the molecule is C=C(C)C=O.C=Cc1cccc(NC2CCCCC2OC)c1C=C. The quantitative estimate of drug-likeness (QED) is 0.583. The Labute approximate surface area is 146 Å². The highest BCUT2D eigenvalue weighted by Gasteiger charge is 2.25. The number of rotatable bonds is 6. The molecule has 0 spiro atoms. The minimum absolute atomic E-state index is 0.304. The van der Waals surface area contributed by atoms with Gasteiger partial charge in [-0.25, -0.2) is 0 Å². The standard InChI is InChI=1S/C17H23NO.C4H6O/c1-4-13-9-8-11-15(14(13)5-2)18-16-10-6-7-12-17(16)19-3;1-4(2)3-5/h4-5,8-9,11,16-18H,1-2,6-7,10,12H2,3H3;3H,1H2,2H3. The van der Waals surface area contributed by atoms with Crippen molar-refractivity contribution in [2.75, 3.05) is 12.4 Å². The van der Waals surface area contributed by atoms with Crippen molar-refractivity contribution in [2.24, 2.45) is 0 Å². The summed E-state index contributed by atoms with van der Waals surface area (Å²) in [7, 11) is 1.80. The zero-order valence-electron chi connectivity index (χ0n) is 14.9. The molecule has 0 amide bonds. The molecule has 0 heterocycles. The van der Waals surface area contributed by atoms with E-state index in [9.17, 15) is 4.79 Å². The summed E-state index contributed by atoms with van der Waals surface area (Å²) in [6.07, 6.45) is 9.62. The largest absolute Gasteiger partial charge is 0.379 e. The summed E-state index contributed by atoms with van der Waals surface area (Å²) in [5.41, 5.74) is 3.94. The van der Waals surface area contributed by atoms with E-state index in [1.54, 1.807) is 14.0 Å². The summed E-state index contributed by atoms with van der Waals surface area (Å²) in [6.45, 7) is 12.7. The molecule has 130 valence electrons. The third-order valence-electron chi connectivity index (χ3n) is 4.11. The van der Waals surface area contributed by atoms with Gasteiger partial charge in [-0.15, -0.1) is 0 Å². The van der Waals surface area contributed by atoms with Gasteiger partial charge in [0.05, 0.1) is 12.1 Å². The first-order valence-electron chi connectivity index (χ1n) is 8.35. The molecule has 0 radical (unpaired) electrons. The summed E-state index contributed by atoms with van der Waals surface area (Å²) in [5, 5.41) is 3.63. The number of hydrogen-bond donors (Lipinski definition) is 1. The van der Waals surface area contributed by atoms with Gasteiger partial charge in [0.1, 0.15) is 6.29 Å². The third-order valence-corrected chi connectivity index (χ3v) is 4.11. The molecule has 1 aliphatic carbocycles. The Morgan fingerprint density at radius 1 is 1.25 bits per heavy atom. The monoisotopic (exact) mass is 327 g/mol. The van der Waals surface area contributed by atoms with E-state index < -0.39 is 0 Å². The van der Waals surface area contributed by atoms with Crippen molar-refractivity contribution in [3.05, 3.63) is 54.6 Å². The third kappa shape index (κ3) is 5.82. The second-order valence-electron chi connectivity index (χ2n) is 5.99. The number of allylic oxidation sites excluding steroid dienone is 1. The van der Waals surface area contributed by atoms with E-state index in [1.165, 1.54) is 12.8 Å². The molecule has 2 unspecified atom stereocenters. The van der Waals surface area contributed by atoms with Crippen molar-refractivity contribution in [3.63, 3.8) is 0 Å². The van der Waals surface area contributed by atoms with Crippen LogP contribution in [0.2, 0.25) is 0 Å². The molecule has 1 aromatic carbocycles. The van der Waals surface area contributed by atoms with Crippen LogP contribution in [0, 0.1) is 0 Å². The van der Waals surface area contributed by atoms with Crippen LogP contribution in [0.4, 0.5) is 5.69 Å². The molecule has 2 rings (SSSR count). The molecule has 0 bridgehead atoms. The highest BCUT2D eigenvalue weighted by atomic mass is 16.5. The first kappa shape index (κ1) is 19.9. The summed E-state index contributed by atoms with van der Waals surface area (Å²) in [6, 6.07) is 6.60. The van der Waals surface area contributed by atoms with Crippen LogP contribution in [-0.4, -0.2) is 25.5 Å². The predicted octanol–water partition coefficient (Wildman–Crippen LogP) is 5.10. The lowest BCUT2D eigenvalue weighted by molar-refractivity contribution is -0.104. The smallest absolute Gasteiger partial charge is 0.145 e. The number of anilines is 1. The van der Waals surface area contributed by atoms with Gasteiger partial charge in [0.25, 0.3) is 0 Å². The molecular formula is C21H29NO2. The molecule has 1 aromatic rings. The maximum Gasteiger partial charge on any atom is 0.145 e. The predicted molar refractivity (Wildman–Crippen MR) is 104 cm³/mol. The molecule has 1 fully saturated rings. The van der Waals surface area contributed by atoms with Gasteiger partial charge in [-0.3, -0.25) is 4.79 Å². The molecule has 0 aromatic heterocycles. The molecule has 2 atom stereocenters. The number of methoxy groups -OCH3 is 1. The number of nitrogens with one attached hydrogen (secondary N) is 1. The average molecular weight is 327 g/mol. The maximum absolute atomic E-state index is 9.41. The lowest BCUT2D eigenvalue weighted by Gasteiger charge is -2.32. The zero-order chi connectivity index (χ0) is 17.9. The van der Waals surface area contributed by atoms with Gasteiger partial charge in [-0.05, 0) is 37.0 Å². The summed E-state index contributed by atoms with van der Waals surface area (Å²) >= 11 is 0. The second kappa shape index (κ2) is 10.6. The number of aldehydes is 1. The Bertz CT molecular complexity index is 577. The van der Waals surface area contributed by atoms with E-state index in [-0.39, 0.29) is 0 Å². The molecule has 1 N–H and O–H groups in total. The van der Waals surface area contributed by atoms with Crippen molar-refractivity contribution in [2.45, 2.75) is 44.8 Å². The van der Waals surface area contributed by atoms with Gasteiger partial charge in [0, 0.05) is 18.4 Å². The average Bonchev–Trinajstić information content (AvgIpc) is 2.62. The lowest BCUT2D eigenvalue weighted by Crippen LogP contribution is -2.37. The van der Waals surface area contributed by atoms with Gasteiger partial charge in [-0.2, -0.15) is 0 Å².